The van der Waals surface area contributed by atoms with Crippen molar-refractivity contribution in [1.82, 2.24) is 39.5 Å². The third kappa shape index (κ3) is 6.26. The average molecular weight is 695 g/mol. The highest BCUT2D eigenvalue weighted by molar-refractivity contribution is 5.88. The number of hydrogen-bond donors (Lipinski definition) is 2. The summed E-state index contributed by atoms with van der Waals surface area (Å²) in [6, 6.07) is 31.7. The van der Waals surface area contributed by atoms with E-state index in [4.69, 9.17) is 9.97 Å². The lowest BCUT2D eigenvalue weighted by molar-refractivity contribution is -0.138. The second kappa shape index (κ2) is 14.0. The smallest absolute Gasteiger partial charge is 0.245 e. The number of rotatable bonds is 9. The van der Waals surface area contributed by atoms with Crippen molar-refractivity contribution in [2.75, 3.05) is 41.3 Å². The molecule has 0 saturated carbocycles. The van der Waals surface area contributed by atoms with E-state index in [1.165, 1.54) is 0 Å². The number of benzene rings is 4. The molecule has 10 heteroatoms. The standard InChI is InChI=1S/C42H46N8O2/c1-47(2)37(27-13-7-5-8-14-27)41(51)49-23-11-17-35(49)39-43-31-21-19-29(25-33(31)45-39)30-20-22-32-34(26-30)46-40(44-32)36-18-12-24-50(36)42(52)38(48(3)4)28-15-9-6-10-16-28/h5-10,13-16,19-22,25-26,35-38H,11-12,17-18,23-24H2,1-4H3,(H,43,45)(H,44,46)/t35-,36-,37-,38+/m0/s1. The predicted octanol–water partition coefficient (Wildman–Crippen LogP) is 7.04. The van der Waals surface area contributed by atoms with Crippen LogP contribution < -0.4 is 0 Å². The Labute approximate surface area is 304 Å². The first-order chi connectivity index (χ1) is 25.3. The van der Waals surface area contributed by atoms with Crippen LogP contribution in [-0.2, 0) is 9.59 Å². The number of likely N-dealkylation sites (N-methyl/N-ethyl adjacent to an activating group) is 2. The van der Waals surface area contributed by atoms with Crippen LogP contribution in [0.15, 0.2) is 97.1 Å². The second-order valence-electron chi connectivity index (χ2n) is 14.6. The van der Waals surface area contributed by atoms with Gasteiger partial charge in [-0.25, -0.2) is 9.97 Å². The van der Waals surface area contributed by atoms with Crippen LogP contribution in [-0.4, -0.2) is 92.6 Å². The zero-order valence-corrected chi connectivity index (χ0v) is 30.3. The topological polar surface area (TPSA) is 104 Å². The summed E-state index contributed by atoms with van der Waals surface area (Å²) in [5.41, 5.74) is 7.76. The third-order valence-electron chi connectivity index (χ3n) is 10.8. The van der Waals surface area contributed by atoms with Crippen LogP contribution in [0.5, 0.6) is 0 Å². The largest absolute Gasteiger partial charge is 0.340 e. The Morgan fingerprint density at radius 2 is 1.02 bits per heavy atom. The molecule has 52 heavy (non-hydrogen) atoms. The Morgan fingerprint density at radius 1 is 0.615 bits per heavy atom. The highest BCUT2D eigenvalue weighted by atomic mass is 16.2. The number of nitrogens with zero attached hydrogens (tertiary/aromatic N) is 6. The Bertz CT molecular complexity index is 2050. The minimum atomic E-state index is -0.350. The lowest BCUT2D eigenvalue weighted by Crippen LogP contribution is -2.40. The molecule has 266 valence electrons. The van der Waals surface area contributed by atoms with Crippen molar-refractivity contribution in [3.05, 3.63) is 120 Å². The fraction of sp³-hybridized carbons (Fsp3) is 0.333. The molecule has 4 heterocycles. The SMILES string of the molecule is CN(C)[C@H](C(=O)N1CCC[C@H]1c1nc2ccc(-c3ccc4nc([C@@H]5CCCN5C(=O)[C@@H](c5ccccc5)N(C)C)[nH]c4c3)cc2[nH]1)c1ccccc1. The summed E-state index contributed by atoms with van der Waals surface area (Å²) in [6.45, 7) is 1.43. The number of carbonyl (C=O) groups is 2. The average Bonchev–Trinajstić information content (AvgIpc) is 3.97. The summed E-state index contributed by atoms with van der Waals surface area (Å²) in [5, 5.41) is 0. The molecule has 0 radical (unpaired) electrons. The lowest BCUT2D eigenvalue weighted by Gasteiger charge is -2.31. The number of imidazole rings is 2. The van der Waals surface area contributed by atoms with Gasteiger partial charge in [0.15, 0.2) is 0 Å². The van der Waals surface area contributed by atoms with Crippen molar-refractivity contribution in [2.24, 2.45) is 0 Å². The van der Waals surface area contributed by atoms with Gasteiger partial charge in [0.2, 0.25) is 11.8 Å². The molecule has 0 aliphatic carbocycles. The number of likely N-dealkylation sites (tertiary alicyclic amines) is 2. The minimum absolute atomic E-state index is 0.1000. The molecule has 4 atom stereocenters. The van der Waals surface area contributed by atoms with Gasteiger partial charge in [-0.1, -0.05) is 72.8 Å². The van der Waals surface area contributed by atoms with E-state index in [-0.39, 0.29) is 36.0 Å². The summed E-state index contributed by atoms with van der Waals surface area (Å²) < 4.78 is 0. The summed E-state index contributed by atoms with van der Waals surface area (Å²) in [4.78, 5) is 53.1. The van der Waals surface area contributed by atoms with Crippen LogP contribution in [0.3, 0.4) is 0 Å². The van der Waals surface area contributed by atoms with E-state index in [2.05, 4.69) is 46.4 Å². The number of carbonyl (C=O) groups excluding carboxylic acids is 2. The van der Waals surface area contributed by atoms with Crippen molar-refractivity contribution in [1.29, 1.82) is 0 Å². The maximum absolute atomic E-state index is 14.0. The zero-order chi connectivity index (χ0) is 35.9. The summed E-state index contributed by atoms with van der Waals surface area (Å²) in [5.74, 6) is 1.87. The highest BCUT2D eigenvalue weighted by Crippen LogP contribution is 2.37. The lowest BCUT2D eigenvalue weighted by atomic mass is 10.0. The van der Waals surface area contributed by atoms with Gasteiger partial charge >= 0.3 is 0 Å². The van der Waals surface area contributed by atoms with Crippen molar-refractivity contribution >= 4 is 33.9 Å². The monoisotopic (exact) mass is 694 g/mol. The van der Waals surface area contributed by atoms with Crippen LogP contribution in [0, 0.1) is 0 Å². The number of nitrogens with one attached hydrogen (secondary N) is 2. The first-order valence-electron chi connectivity index (χ1n) is 18.3. The van der Waals surface area contributed by atoms with Crippen molar-refractivity contribution < 1.29 is 9.59 Å². The summed E-state index contributed by atoms with van der Waals surface area (Å²) in [6.07, 6.45) is 3.63. The molecule has 2 fully saturated rings. The highest BCUT2D eigenvalue weighted by Gasteiger charge is 2.38. The molecule has 2 aliphatic heterocycles. The Kier molecular flexibility index (Phi) is 9.11. The van der Waals surface area contributed by atoms with Crippen molar-refractivity contribution in [3.8, 4) is 11.1 Å². The summed E-state index contributed by atoms with van der Waals surface area (Å²) in [7, 11) is 7.84. The fourth-order valence-electron chi connectivity index (χ4n) is 8.27. The van der Waals surface area contributed by atoms with Gasteiger partial charge in [-0.15, -0.1) is 0 Å². The van der Waals surface area contributed by atoms with Crippen LogP contribution in [0.2, 0.25) is 0 Å². The van der Waals surface area contributed by atoms with Gasteiger partial charge in [0.05, 0.1) is 34.2 Å². The first kappa shape index (κ1) is 33.8. The van der Waals surface area contributed by atoms with E-state index >= 15 is 0 Å². The molecule has 0 bridgehead atoms. The van der Waals surface area contributed by atoms with Gasteiger partial charge in [-0.05, 0) is 100 Å². The number of H-pyrrole nitrogens is 2. The number of aromatic amines is 2. The molecular weight excluding hydrogens is 649 g/mol. The zero-order valence-electron chi connectivity index (χ0n) is 30.3. The van der Waals surface area contributed by atoms with Gasteiger partial charge in [0.1, 0.15) is 23.7 Å². The van der Waals surface area contributed by atoms with Crippen LogP contribution in [0.4, 0.5) is 0 Å². The van der Waals surface area contributed by atoms with Crippen LogP contribution in [0.1, 0.15) is 72.6 Å². The maximum Gasteiger partial charge on any atom is 0.245 e. The fourth-order valence-corrected chi connectivity index (χ4v) is 8.27. The van der Waals surface area contributed by atoms with Gasteiger partial charge in [0, 0.05) is 13.1 Å². The van der Waals surface area contributed by atoms with Gasteiger partial charge in [-0.3, -0.25) is 19.4 Å². The minimum Gasteiger partial charge on any atom is -0.340 e. The van der Waals surface area contributed by atoms with Crippen molar-refractivity contribution in [3.63, 3.8) is 0 Å². The van der Waals surface area contributed by atoms with E-state index in [1.807, 2.05) is 108 Å². The third-order valence-corrected chi connectivity index (χ3v) is 10.8. The van der Waals surface area contributed by atoms with E-state index < -0.39 is 0 Å². The molecule has 2 N–H and O–H groups in total. The molecule has 6 aromatic rings. The van der Waals surface area contributed by atoms with Crippen LogP contribution >= 0.6 is 0 Å². The first-order valence-corrected chi connectivity index (χ1v) is 18.3. The Balaban J connectivity index is 1.03. The molecule has 2 saturated heterocycles. The number of hydrogen-bond acceptors (Lipinski definition) is 6. The summed E-state index contributed by atoms with van der Waals surface area (Å²) >= 11 is 0. The molecule has 2 aliphatic rings. The number of aromatic nitrogens is 4. The second-order valence-corrected chi connectivity index (χ2v) is 14.6. The molecule has 4 aromatic carbocycles. The number of amides is 2. The molecule has 0 unspecified atom stereocenters. The molecule has 10 nitrogen and oxygen atoms in total. The molecule has 0 spiro atoms. The Morgan fingerprint density at radius 3 is 1.40 bits per heavy atom. The van der Waals surface area contributed by atoms with E-state index in [0.717, 1.165) is 81.7 Å². The van der Waals surface area contributed by atoms with Gasteiger partial charge in [0.25, 0.3) is 0 Å². The maximum atomic E-state index is 14.0. The molecule has 2 amide bonds. The Hall–Kier alpha value is -5.32. The molecule has 2 aromatic heterocycles. The normalized spacial score (nSPS) is 19.0. The van der Waals surface area contributed by atoms with Crippen LogP contribution in [0.25, 0.3) is 33.2 Å². The van der Waals surface area contributed by atoms with Gasteiger partial charge < -0.3 is 19.8 Å². The molecular formula is C42H46N8O2. The van der Waals surface area contributed by atoms with E-state index in [9.17, 15) is 9.59 Å². The van der Waals surface area contributed by atoms with E-state index in [0.29, 0.717) is 13.1 Å². The number of fused-ring (bicyclic) bond motifs is 2. The van der Waals surface area contributed by atoms with Gasteiger partial charge in [-0.2, -0.15) is 0 Å². The van der Waals surface area contributed by atoms with E-state index in [1.54, 1.807) is 0 Å². The van der Waals surface area contributed by atoms with Crippen molar-refractivity contribution in [2.45, 2.75) is 49.9 Å². The predicted molar refractivity (Wildman–Crippen MR) is 204 cm³/mol. The quantitative estimate of drug-likeness (QED) is 0.168. The molecule has 8 rings (SSSR count).